The number of likely N-dealkylation sites (tertiary alicyclic amines) is 2. The molecule has 2 heterocycles. The van der Waals surface area contributed by atoms with Crippen molar-refractivity contribution < 1.29 is 9.53 Å². The van der Waals surface area contributed by atoms with E-state index in [2.05, 4.69) is 59.2 Å². The Kier molecular flexibility index (Phi) is 6.11. The Morgan fingerprint density at radius 2 is 1.87 bits per heavy atom. The maximum Gasteiger partial charge on any atom is 0.228 e. The lowest BCUT2D eigenvalue weighted by Gasteiger charge is -2.40. The minimum atomic E-state index is -0.355. The number of aryl methyl sites for hydroxylation is 1. The minimum Gasteiger partial charge on any atom is -0.497 e. The summed E-state index contributed by atoms with van der Waals surface area (Å²) in [6.45, 7) is 12.1. The van der Waals surface area contributed by atoms with Crippen LogP contribution in [-0.2, 0) is 11.3 Å². The first-order chi connectivity index (χ1) is 14.8. The number of hydrogen-bond donors (Lipinski definition) is 0. The summed E-state index contributed by atoms with van der Waals surface area (Å²) in [5.74, 6) is 1.95. The summed E-state index contributed by atoms with van der Waals surface area (Å²) in [4.78, 5) is 18.1. The summed E-state index contributed by atoms with van der Waals surface area (Å²) in [7, 11) is 1.72. The van der Waals surface area contributed by atoms with Gasteiger partial charge in [0.25, 0.3) is 0 Å². The molecule has 1 amide bonds. The summed E-state index contributed by atoms with van der Waals surface area (Å²) >= 11 is 0. The van der Waals surface area contributed by atoms with Crippen molar-refractivity contribution in [1.82, 2.24) is 9.80 Å². The Morgan fingerprint density at radius 1 is 1.10 bits per heavy atom. The van der Waals surface area contributed by atoms with Gasteiger partial charge in [0.2, 0.25) is 5.91 Å². The van der Waals surface area contributed by atoms with Crippen molar-refractivity contribution in [3.8, 4) is 5.75 Å². The summed E-state index contributed by atoms with van der Waals surface area (Å²) in [6.07, 6.45) is 1.04. The molecule has 0 radical (unpaired) electrons. The SMILES string of the molecule is COc1cccc([C@@H]2CN(C(=O)C(C)(C)C)[C@H]3CCN(Cc4cccc(C)c4)C[C@@H]23)c1. The molecule has 0 bridgehead atoms. The lowest BCUT2D eigenvalue weighted by Crippen LogP contribution is -2.49. The van der Waals surface area contributed by atoms with E-state index < -0.39 is 0 Å². The van der Waals surface area contributed by atoms with Crippen molar-refractivity contribution in [2.45, 2.75) is 52.6 Å². The smallest absolute Gasteiger partial charge is 0.228 e. The van der Waals surface area contributed by atoms with E-state index in [4.69, 9.17) is 4.74 Å². The van der Waals surface area contributed by atoms with Crippen molar-refractivity contribution in [1.29, 1.82) is 0 Å². The number of nitrogens with zero attached hydrogens (tertiary/aromatic N) is 2. The van der Waals surface area contributed by atoms with Crippen LogP contribution in [-0.4, -0.2) is 48.5 Å². The van der Waals surface area contributed by atoms with Gasteiger partial charge in [-0.1, -0.05) is 62.7 Å². The van der Waals surface area contributed by atoms with Gasteiger partial charge in [0.15, 0.2) is 0 Å². The molecule has 0 saturated carbocycles. The normalized spacial score (nSPS) is 24.2. The molecule has 0 unspecified atom stereocenters. The van der Waals surface area contributed by atoms with E-state index in [0.717, 1.165) is 38.3 Å². The number of benzene rings is 2. The zero-order valence-corrected chi connectivity index (χ0v) is 19.6. The van der Waals surface area contributed by atoms with Gasteiger partial charge < -0.3 is 9.64 Å². The molecule has 0 N–H and O–H groups in total. The van der Waals surface area contributed by atoms with Crippen molar-refractivity contribution in [3.63, 3.8) is 0 Å². The highest BCUT2D eigenvalue weighted by Gasteiger charge is 2.48. The molecule has 4 heteroatoms. The van der Waals surface area contributed by atoms with Crippen molar-refractivity contribution in [2.24, 2.45) is 11.3 Å². The molecule has 0 aromatic heterocycles. The van der Waals surface area contributed by atoms with E-state index in [1.807, 2.05) is 26.8 Å². The van der Waals surface area contributed by atoms with Crippen LogP contribution in [0, 0.1) is 18.3 Å². The zero-order valence-electron chi connectivity index (χ0n) is 19.6. The molecule has 2 fully saturated rings. The predicted molar refractivity (Wildman–Crippen MR) is 125 cm³/mol. The zero-order chi connectivity index (χ0) is 22.2. The summed E-state index contributed by atoms with van der Waals surface area (Å²) < 4.78 is 5.50. The van der Waals surface area contributed by atoms with Crippen LogP contribution in [0.1, 0.15) is 49.8 Å². The number of amides is 1. The first kappa shape index (κ1) is 21.9. The molecule has 2 aromatic rings. The summed E-state index contributed by atoms with van der Waals surface area (Å²) in [6, 6.07) is 17.6. The second kappa shape index (κ2) is 8.66. The molecule has 4 rings (SSSR count). The van der Waals surface area contributed by atoms with Gasteiger partial charge in [-0.05, 0) is 36.6 Å². The number of carbonyl (C=O) groups excluding carboxylic acids is 1. The van der Waals surface area contributed by atoms with Crippen LogP contribution in [0.2, 0.25) is 0 Å². The van der Waals surface area contributed by atoms with Gasteiger partial charge in [-0.3, -0.25) is 9.69 Å². The van der Waals surface area contributed by atoms with Crippen molar-refractivity contribution >= 4 is 5.91 Å². The number of ether oxygens (including phenoxy) is 1. The van der Waals surface area contributed by atoms with Crippen LogP contribution in [0.15, 0.2) is 48.5 Å². The van der Waals surface area contributed by atoms with Crippen LogP contribution in [0.5, 0.6) is 5.75 Å². The molecule has 0 spiro atoms. The first-order valence-electron chi connectivity index (χ1n) is 11.5. The maximum absolute atomic E-state index is 13.3. The Balaban J connectivity index is 1.60. The molecular weight excluding hydrogens is 384 g/mol. The Morgan fingerprint density at radius 3 is 2.58 bits per heavy atom. The highest BCUT2D eigenvalue weighted by Crippen LogP contribution is 2.43. The highest BCUT2D eigenvalue weighted by atomic mass is 16.5. The number of hydrogen-bond acceptors (Lipinski definition) is 3. The topological polar surface area (TPSA) is 32.8 Å². The Hall–Kier alpha value is -2.33. The molecule has 31 heavy (non-hydrogen) atoms. The monoisotopic (exact) mass is 420 g/mol. The van der Waals surface area contributed by atoms with E-state index in [1.165, 1.54) is 16.7 Å². The standard InChI is InChI=1S/C27H36N2O2/c1-19-8-6-9-20(14-19)16-28-13-12-25-24(17-28)23(18-29(25)26(30)27(2,3)4)21-10-7-11-22(15-21)31-5/h6-11,14-15,23-25H,12-13,16-18H2,1-5H3/t23-,24-,25-/m0/s1. The molecular formula is C27H36N2O2. The lowest BCUT2D eigenvalue weighted by molar-refractivity contribution is -0.141. The minimum absolute atomic E-state index is 0.278. The third-order valence-electron chi connectivity index (χ3n) is 6.93. The third kappa shape index (κ3) is 4.64. The molecule has 2 aromatic carbocycles. The van der Waals surface area contributed by atoms with Gasteiger partial charge >= 0.3 is 0 Å². The molecule has 2 aliphatic heterocycles. The van der Waals surface area contributed by atoms with E-state index in [-0.39, 0.29) is 11.3 Å². The van der Waals surface area contributed by atoms with E-state index in [9.17, 15) is 4.79 Å². The van der Waals surface area contributed by atoms with Gasteiger partial charge in [0.05, 0.1) is 7.11 Å². The second-order valence-electron chi connectivity index (χ2n) is 10.3. The maximum atomic E-state index is 13.3. The van der Waals surface area contributed by atoms with Crippen LogP contribution in [0.3, 0.4) is 0 Å². The number of carbonyl (C=O) groups is 1. The molecule has 0 aliphatic carbocycles. The number of piperidine rings is 1. The van der Waals surface area contributed by atoms with Crippen LogP contribution in [0.25, 0.3) is 0 Å². The molecule has 2 saturated heterocycles. The highest BCUT2D eigenvalue weighted by molar-refractivity contribution is 5.82. The van der Waals surface area contributed by atoms with Gasteiger partial charge in [-0.25, -0.2) is 0 Å². The summed E-state index contributed by atoms with van der Waals surface area (Å²) in [5.41, 5.74) is 3.62. The van der Waals surface area contributed by atoms with Crippen LogP contribution >= 0.6 is 0 Å². The fourth-order valence-corrected chi connectivity index (χ4v) is 5.41. The first-order valence-corrected chi connectivity index (χ1v) is 11.5. The summed E-state index contributed by atoms with van der Waals surface area (Å²) in [5, 5.41) is 0. The van der Waals surface area contributed by atoms with Crippen LogP contribution in [0.4, 0.5) is 0 Å². The third-order valence-corrected chi connectivity index (χ3v) is 6.93. The fourth-order valence-electron chi connectivity index (χ4n) is 5.41. The predicted octanol–water partition coefficient (Wildman–Crippen LogP) is 4.87. The van der Waals surface area contributed by atoms with Gasteiger partial charge in [0.1, 0.15) is 5.75 Å². The molecule has 166 valence electrons. The van der Waals surface area contributed by atoms with E-state index in [1.54, 1.807) is 7.11 Å². The number of fused-ring (bicyclic) bond motifs is 1. The second-order valence-corrected chi connectivity index (χ2v) is 10.3. The van der Waals surface area contributed by atoms with Gasteiger partial charge in [-0.2, -0.15) is 0 Å². The van der Waals surface area contributed by atoms with Crippen LogP contribution < -0.4 is 4.74 Å². The Bertz CT molecular complexity index is 933. The lowest BCUT2D eigenvalue weighted by atomic mass is 9.81. The quantitative estimate of drug-likeness (QED) is 0.708. The largest absolute Gasteiger partial charge is 0.497 e. The Labute approximate surface area is 187 Å². The van der Waals surface area contributed by atoms with Gasteiger partial charge in [-0.15, -0.1) is 0 Å². The molecule has 3 atom stereocenters. The number of methoxy groups -OCH3 is 1. The fraction of sp³-hybridized carbons (Fsp3) is 0.519. The van der Waals surface area contributed by atoms with Crippen molar-refractivity contribution in [2.75, 3.05) is 26.7 Å². The van der Waals surface area contributed by atoms with Crippen molar-refractivity contribution in [3.05, 3.63) is 65.2 Å². The molecule has 2 aliphatic rings. The average Bonchev–Trinajstić information content (AvgIpc) is 3.11. The molecule has 4 nitrogen and oxygen atoms in total. The van der Waals surface area contributed by atoms with E-state index >= 15 is 0 Å². The van der Waals surface area contributed by atoms with Gasteiger partial charge in [0, 0.05) is 49.5 Å². The van der Waals surface area contributed by atoms with E-state index in [0.29, 0.717) is 17.9 Å². The average molecular weight is 421 g/mol. The number of rotatable bonds is 4.